The molecule has 0 radical (unpaired) electrons. The van der Waals surface area contributed by atoms with Crippen molar-refractivity contribution in [3.63, 3.8) is 0 Å². The molecule has 0 aliphatic rings. The molecule has 2 rings (SSSR count). The van der Waals surface area contributed by atoms with E-state index in [-0.39, 0.29) is 11.5 Å². The van der Waals surface area contributed by atoms with Gasteiger partial charge in [-0.1, -0.05) is 0 Å². The average molecular weight is 221 g/mol. The van der Waals surface area contributed by atoms with Crippen molar-refractivity contribution in [3.05, 3.63) is 36.2 Å². The number of nitrogens with one attached hydrogen (secondary N) is 1. The molecule has 0 bridgehead atoms. The number of hydrogen-bond donors (Lipinski definition) is 1. The van der Waals surface area contributed by atoms with E-state index in [2.05, 4.69) is 20.4 Å². The molecule has 0 atom stereocenters. The number of rotatable bonds is 2. The smallest absolute Gasteiger partial charge is 0.261 e. The monoisotopic (exact) mass is 221 g/mol. The van der Waals surface area contributed by atoms with E-state index < -0.39 is 11.7 Å². The molecule has 0 aliphatic heterocycles. The highest BCUT2D eigenvalue weighted by Crippen LogP contribution is 2.07. The minimum atomic E-state index is -0.679. The molecule has 0 aromatic carbocycles. The van der Waals surface area contributed by atoms with Crippen LogP contribution in [0.3, 0.4) is 0 Å². The lowest BCUT2D eigenvalue weighted by Crippen LogP contribution is -2.16. The molecule has 0 fully saturated rings. The van der Waals surface area contributed by atoms with Crippen molar-refractivity contribution in [1.29, 1.82) is 0 Å². The number of carbonyl (C=O) groups is 1. The molecule has 2 heterocycles. The van der Waals surface area contributed by atoms with Crippen molar-refractivity contribution in [1.82, 2.24) is 19.7 Å². The minimum absolute atomic E-state index is 0.0852. The molecule has 16 heavy (non-hydrogen) atoms. The topological polar surface area (TPSA) is 72.7 Å². The Bertz CT molecular complexity index is 524. The summed E-state index contributed by atoms with van der Waals surface area (Å²) in [7, 11) is 1.62. The van der Waals surface area contributed by atoms with Crippen LogP contribution in [-0.2, 0) is 7.05 Å². The molecular weight excluding hydrogens is 213 g/mol. The van der Waals surface area contributed by atoms with Gasteiger partial charge in [-0.2, -0.15) is 10.1 Å². The maximum atomic E-state index is 13.2. The van der Waals surface area contributed by atoms with E-state index >= 15 is 0 Å². The first-order valence-corrected chi connectivity index (χ1v) is 4.43. The van der Waals surface area contributed by atoms with Crippen LogP contribution in [0.5, 0.6) is 0 Å². The number of anilines is 1. The summed E-state index contributed by atoms with van der Waals surface area (Å²) in [6.45, 7) is 0. The summed E-state index contributed by atoms with van der Waals surface area (Å²) in [6.07, 6.45) is 3.61. The zero-order valence-electron chi connectivity index (χ0n) is 8.38. The number of nitrogens with zero attached hydrogens (tertiary/aromatic N) is 4. The normalized spacial score (nSPS) is 10.1. The van der Waals surface area contributed by atoms with Crippen molar-refractivity contribution >= 4 is 11.9 Å². The molecule has 82 valence electrons. The molecular formula is C9H8FN5O. The fourth-order valence-electron chi connectivity index (χ4n) is 1.14. The van der Waals surface area contributed by atoms with Crippen LogP contribution < -0.4 is 5.32 Å². The summed E-state index contributed by atoms with van der Waals surface area (Å²) in [5.74, 6) is -1.01. The van der Waals surface area contributed by atoms with Crippen LogP contribution in [-0.4, -0.2) is 25.7 Å². The first-order chi connectivity index (χ1) is 7.68. The summed E-state index contributed by atoms with van der Waals surface area (Å²) in [5.41, 5.74) is -0.0852. The molecule has 7 heteroatoms. The highest BCUT2D eigenvalue weighted by atomic mass is 19.1. The third kappa shape index (κ3) is 1.88. The molecule has 0 saturated carbocycles. The fraction of sp³-hybridized carbons (Fsp3) is 0.111. The van der Waals surface area contributed by atoms with Crippen molar-refractivity contribution in [2.75, 3.05) is 5.32 Å². The second-order valence-corrected chi connectivity index (χ2v) is 3.02. The van der Waals surface area contributed by atoms with Gasteiger partial charge >= 0.3 is 0 Å². The Hall–Kier alpha value is -2.31. The van der Waals surface area contributed by atoms with Crippen LogP contribution in [0.1, 0.15) is 10.4 Å². The van der Waals surface area contributed by atoms with E-state index in [0.717, 1.165) is 6.20 Å². The standard InChI is InChI=1S/C9H8FN5O/c1-15-9(12-5-13-15)14-8(16)6-2-3-11-4-7(6)10/h2-5H,1H3,(H,12,13,14,16). The molecule has 0 saturated heterocycles. The van der Waals surface area contributed by atoms with Crippen LogP contribution in [0.25, 0.3) is 0 Å². The quantitative estimate of drug-likeness (QED) is 0.806. The molecule has 0 aliphatic carbocycles. The molecule has 2 aromatic rings. The lowest BCUT2D eigenvalue weighted by molar-refractivity contribution is 0.102. The number of pyridine rings is 1. The van der Waals surface area contributed by atoms with Crippen molar-refractivity contribution < 1.29 is 9.18 Å². The second-order valence-electron chi connectivity index (χ2n) is 3.02. The van der Waals surface area contributed by atoms with Gasteiger partial charge in [-0.25, -0.2) is 9.07 Å². The van der Waals surface area contributed by atoms with Crippen molar-refractivity contribution in [2.45, 2.75) is 0 Å². The van der Waals surface area contributed by atoms with E-state index in [0.29, 0.717) is 0 Å². The Labute approximate surface area is 90.1 Å². The predicted octanol–water partition coefficient (Wildman–Crippen LogP) is 0.602. The highest BCUT2D eigenvalue weighted by Gasteiger charge is 2.13. The summed E-state index contributed by atoms with van der Waals surface area (Å²) in [4.78, 5) is 19.0. The van der Waals surface area contributed by atoms with Gasteiger partial charge in [-0.15, -0.1) is 0 Å². The zero-order valence-corrected chi connectivity index (χ0v) is 8.38. The molecule has 6 nitrogen and oxygen atoms in total. The Kier molecular flexibility index (Phi) is 2.59. The minimum Gasteiger partial charge on any atom is -0.291 e. The van der Waals surface area contributed by atoms with E-state index in [1.807, 2.05) is 0 Å². The SMILES string of the molecule is Cn1ncnc1NC(=O)c1ccncc1F. The number of hydrogen-bond acceptors (Lipinski definition) is 4. The summed E-state index contributed by atoms with van der Waals surface area (Å²) in [6, 6.07) is 1.29. The predicted molar refractivity (Wildman–Crippen MR) is 53.2 cm³/mol. The van der Waals surface area contributed by atoms with Crippen LogP contribution in [0.2, 0.25) is 0 Å². The summed E-state index contributed by atoms with van der Waals surface area (Å²) < 4.78 is 14.6. The van der Waals surface area contributed by atoms with Crippen LogP contribution >= 0.6 is 0 Å². The third-order valence-electron chi connectivity index (χ3n) is 1.95. The van der Waals surface area contributed by atoms with E-state index in [4.69, 9.17) is 0 Å². The second kappa shape index (κ2) is 4.05. The Morgan fingerprint density at radius 2 is 2.38 bits per heavy atom. The number of amides is 1. The van der Waals surface area contributed by atoms with Gasteiger partial charge in [0.25, 0.3) is 5.91 Å². The zero-order chi connectivity index (χ0) is 11.5. The van der Waals surface area contributed by atoms with Gasteiger partial charge in [0, 0.05) is 13.2 Å². The third-order valence-corrected chi connectivity index (χ3v) is 1.95. The molecule has 0 unspecified atom stereocenters. The Balaban J connectivity index is 2.22. The van der Waals surface area contributed by atoms with Crippen LogP contribution in [0, 0.1) is 5.82 Å². The van der Waals surface area contributed by atoms with Gasteiger partial charge in [-0.05, 0) is 6.07 Å². The fourth-order valence-corrected chi connectivity index (χ4v) is 1.14. The van der Waals surface area contributed by atoms with Crippen molar-refractivity contribution in [2.24, 2.45) is 7.05 Å². The maximum absolute atomic E-state index is 13.2. The van der Waals surface area contributed by atoms with Crippen LogP contribution in [0.15, 0.2) is 24.8 Å². The Morgan fingerprint density at radius 3 is 3.00 bits per heavy atom. The lowest BCUT2D eigenvalue weighted by atomic mass is 10.2. The van der Waals surface area contributed by atoms with Gasteiger partial charge in [0.15, 0.2) is 5.82 Å². The van der Waals surface area contributed by atoms with E-state index in [1.165, 1.54) is 23.3 Å². The van der Waals surface area contributed by atoms with Gasteiger partial charge in [0.1, 0.15) is 6.33 Å². The summed E-state index contributed by atoms with van der Waals surface area (Å²) >= 11 is 0. The number of aryl methyl sites for hydroxylation is 1. The number of halogens is 1. The largest absolute Gasteiger partial charge is 0.291 e. The molecule has 1 N–H and O–H groups in total. The molecule has 1 amide bonds. The number of carbonyl (C=O) groups excluding carboxylic acids is 1. The first kappa shape index (κ1) is 10.2. The van der Waals surface area contributed by atoms with Gasteiger partial charge in [0.05, 0.1) is 11.8 Å². The highest BCUT2D eigenvalue weighted by molar-refractivity contribution is 6.03. The maximum Gasteiger partial charge on any atom is 0.261 e. The van der Waals surface area contributed by atoms with Gasteiger partial charge in [0.2, 0.25) is 5.95 Å². The Morgan fingerprint density at radius 1 is 1.56 bits per heavy atom. The van der Waals surface area contributed by atoms with Gasteiger partial charge < -0.3 is 0 Å². The van der Waals surface area contributed by atoms with E-state index in [1.54, 1.807) is 7.05 Å². The van der Waals surface area contributed by atoms with Crippen molar-refractivity contribution in [3.8, 4) is 0 Å². The molecule has 0 spiro atoms. The van der Waals surface area contributed by atoms with E-state index in [9.17, 15) is 9.18 Å². The van der Waals surface area contributed by atoms with Gasteiger partial charge in [-0.3, -0.25) is 15.1 Å². The first-order valence-electron chi connectivity index (χ1n) is 4.43. The molecule has 2 aromatic heterocycles. The summed E-state index contributed by atoms with van der Waals surface area (Å²) in [5, 5.41) is 6.20. The van der Waals surface area contributed by atoms with Crippen LogP contribution in [0.4, 0.5) is 10.3 Å². The lowest BCUT2D eigenvalue weighted by Gasteiger charge is -2.03. The number of aromatic nitrogens is 4. The average Bonchev–Trinajstić information content (AvgIpc) is 2.65.